The van der Waals surface area contributed by atoms with Crippen LogP contribution in [0, 0.1) is 28.1 Å². The van der Waals surface area contributed by atoms with Crippen molar-refractivity contribution in [2.45, 2.75) is 5.92 Å². The van der Waals surface area contributed by atoms with Gasteiger partial charge in [-0.1, -0.05) is 0 Å². The molecule has 0 aromatic carbocycles. The summed E-state index contributed by atoms with van der Waals surface area (Å²) in [5.74, 6) is -0.509. The van der Waals surface area contributed by atoms with Gasteiger partial charge in [0.05, 0.1) is 28.5 Å². The Kier molecular flexibility index (Phi) is 1.94. The number of fused-ring (bicyclic) bond motifs is 3. The lowest BCUT2D eigenvalue weighted by molar-refractivity contribution is 0.445. The first-order valence-corrected chi connectivity index (χ1v) is 5.82. The number of allylic oxidation sites excluding steroid dienone is 1. The maximum absolute atomic E-state index is 9.74. The van der Waals surface area contributed by atoms with E-state index in [9.17, 15) is 5.11 Å². The lowest BCUT2D eigenvalue weighted by Gasteiger charge is -2.24. The lowest BCUT2D eigenvalue weighted by Crippen LogP contribution is -2.27. The van der Waals surface area contributed by atoms with E-state index in [-0.39, 0.29) is 21.6 Å². The van der Waals surface area contributed by atoms with Crippen molar-refractivity contribution in [1.29, 1.82) is 16.1 Å². The molecule has 0 bridgehead atoms. The van der Waals surface area contributed by atoms with E-state index in [0.29, 0.717) is 5.84 Å². The molecule has 6 heteroatoms. The molecule has 1 aromatic rings. The average Bonchev–Trinajstić information content (AvgIpc) is 2.83. The van der Waals surface area contributed by atoms with Gasteiger partial charge in [-0.2, -0.15) is 5.26 Å². The molecule has 0 amide bonds. The number of hydrogen-bond acceptors (Lipinski definition) is 5. The fourth-order valence-corrected chi connectivity index (χ4v) is 3.27. The molecule has 5 nitrogen and oxygen atoms in total. The molecule has 3 heterocycles. The summed E-state index contributed by atoms with van der Waals surface area (Å²) < 4.78 is 1.68. The summed E-state index contributed by atoms with van der Waals surface area (Å²) in [4.78, 5) is 0. The average molecular weight is 244 g/mol. The Bertz CT molecular complexity index is 622. The summed E-state index contributed by atoms with van der Waals surface area (Å²) in [5, 5.41) is 34.9. The number of rotatable bonds is 0. The van der Waals surface area contributed by atoms with E-state index in [1.807, 2.05) is 12.1 Å². The first kappa shape index (κ1) is 10.2. The van der Waals surface area contributed by atoms with Crippen molar-refractivity contribution in [3.8, 4) is 6.07 Å². The smallest absolute Gasteiger partial charge is 0.170 e. The van der Waals surface area contributed by atoms with Crippen LogP contribution in [0.3, 0.4) is 0 Å². The van der Waals surface area contributed by atoms with Gasteiger partial charge in [0.1, 0.15) is 5.84 Å². The SMILES string of the molecule is N#CC1=C(O)SC(=N)[C@H]2C(=N)n3cccc3[C@@H]12. The fourth-order valence-electron chi connectivity index (χ4n) is 2.41. The molecular formula is C11H8N4OS. The molecule has 1 aromatic heterocycles. The van der Waals surface area contributed by atoms with Crippen molar-refractivity contribution < 1.29 is 5.11 Å². The first-order valence-electron chi connectivity index (χ1n) is 5.00. The van der Waals surface area contributed by atoms with Gasteiger partial charge in [0, 0.05) is 11.9 Å². The minimum Gasteiger partial charge on any atom is -0.501 e. The van der Waals surface area contributed by atoms with E-state index >= 15 is 0 Å². The van der Waals surface area contributed by atoms with Gasteiger partial charge in [-0.05, 0) is 23.9 Å². The Balaban J connectivity index is 2.26. The van der Waals surface area contributed by atoms with Gasteiger partial charge in [0.15, 0.2) is 5.09 Å². The van der Waals surface area contributed by atoms with Crippen molar-refractivity contribution in [3.05, 3.63) is 34.7 Å². The second-order valence-electron chi connectivity index (χ2n) is 3.94. The van der Waals surface area contributed by atoms with Crippen LogP contribution < -0.4 is 0 Å². The number of aromatic nitrogens is 1. The summed E-state index contributed by atoms with van der Waals surface area (Å²) in [5.41, 5.74) is 1.06. The number of hydrogen-bond donors (Lipinski definition) is 3. The highest BCUT2D eigenvalue weighted by atomic mass is 32.2. The molecule has 3 N–H and O–H groups in total. The van der Waals surface area contributed by atoms with Crippen molar-refractivity contribution >= 4 is 22.6 Å². The predicted molar refractivity (Wildman–Crippen MR) is 64.4 cm³/mol. The number of nitriles is 1. The minimum atomic E-state index is -0.429. The standard InChI is InChI=1S/C11H8N4OS/c12-4-5-7-6-2-1-3-15(6)9(13)8(7)10(14)17-11(5)16/h1-3,7-8,13-14,16H/t7-,8-/m1/s1. The molecule has 2 atom stereocenters. The Morgan fingerprint density at radius 1 is 1.41 bits per heavy atom. The highest BCUT2D eigenvalue weighted by molar-refractivity contribution is 8.17. The van der Waals surface area contributed by atoms with E-state index in [2.05, 4.69) is 0 Å². The van der Waals surface area contributed by atoms with Crippen LogP contribution in [0.5, 0.6) is 0 Å². The Morgan fingerprint density at radius 2 is 2.18 bits per heavy atom. The molecule has 84 valence electrons. The molecule has 0 saturated carbocycles. The normalized spacial score (nSPS) is 26.8. The van der Waals surface area contributed by atoms with Crippen LogP contribution in [0.4, 0.5) is 0 Å². The molecule has 2 aliphatic rings. The van der Waals surface area contributed by atoms with Crippen molar-refractivity contribution in [1.82, 2.24) is 4.57 Å². The molecular weight excluding hydrogens is 236 g/mol. The summed E-state index contributed by atoms with van der Waals surface area (Å²) in [6, 6.07) is 5.63. The Labute approximate surface area is 101 Å². The van der Waals surface area contributed by atoms with Gasteiger partial charge in [-0.3, -0.25) is 10.8 Å². The van der Waals surface area contributed by atoms with Crippen LogP contribution in [0.15, 0.2) is 29.0 Å². The molecule has 0 fully saturated rings. The molecule has 3 rings (SSSR count). The summed E-state index contributed by atoms with van der Waals surface area (Å²) in [6.07, 6.45) is 1.75. The van der Waals surface area contributed by atoms with E-state index in [4.69, 9.17) is 16.1 Å². The third kappa shape index (κ3) is 1.14. The van der Waals surface area contributed by atoms with Gasteiger partial charge < -0.3 is 9.67 Å². The van der Waals surface area contributed by atoms with Gasteiger partial charge >= 0.3 is 0 Å². The first-order chi connectivity index (χ1) is 8.15. The highest BCUT2D eigenvalue weighted by Crippen LogP contribution is 2.47. The van der Waals surface area contributed by atoms with E-state index < -0.39 is 5.92 Å². The number of nitrogens with one attached hydrogen (secondary N) is 2. The molecule has 0 spiro atoms. The van der Waals surface area contributed by atoms with E-state index in [0.717, 1.165) is 17.5 Å². The molecule has 0 unspecified atom stereocenters. The number of thioether (sulfide) groups is 1. The Morgan fingerprint density at radius 3 is 2.88 bits per heavy atom. The van der Waals surface area contributed by atoms with Crippen LogP contribution >= 0.6 is 11.8 Å². The molecule has 0 aliphatic carbocycles. The summed E-state index contributed by atoms with van der Waals surface area (Å²) in [6.45, 7) is 0. The second-order valence-corrected chi connectivity index (χ2v) is 4.97. The zero-order valence-corrected chi connectivity index (χ0v) is 9.45. The minimum absolute atomic E-state index is 0.110. The van der Waals surface area contributed by atoms with Crippen LogP contribution in [0.25, 0.3) is 0 Å². The number of nitrogens with zero attached hydrogens (tertiary/aromatic N) is 2. The fraction of sp³-hybridized carbons (Fsp3) is 0.182. The molecule has 0 radical (unpaired) electrons. The van der Waals surface area contributed by atoms with E-state index in [1.165, 1.54) is 0 Å². The quantitative estimate of drug-likeness (QED) is 0.651. The van der Waals surface area contributed by atoms with Gasteiger partial charge in [0.25, 0.3) is 0 Å². The van der Waals surface area contributed by atoms with Crippen LogP contribution in [-0.2, 0) is 0 Å². The van der Waals surface area contributed by atoms with E-state index in [1.54, 1.807) is 16.8 Å². The maximum Gasteiger partial charge on any atom is 0.170 e. The lowest BCUT2D eigenvalue weighted by atomic mass is 9.86. The Hall–Kier alpha value is -2.00. The second kappa shape index (κ2) is 3.25. The molecule has 17 heavy (non-hydrogen) atoms. The van der Waals surface area contributed by atoms with Crippen LogP contribution in [-0.4, -0.2) is 20.6 Å². The topological polar surface area (TPSA) is 96.7 Å². The maximum atomic E-state index is 9.74. The largest absolute Gasteiger partial charge is 0.501 e. The number of aliphatic hydroxyl groups is 1. The molecule has 2 aliphatic heterocycles. The zero-order chi connectivity index (χ0) is 12.2. The van der Waals surface area contributed by atoms with Crippen molar-refractivity contribution in [2.75, 3.05) is 0 Å². The van der Waals surface area contributed by atoms with Gasteiger partial charge in [-0.15, -0.1) is 0 Å². The van der Waals surface area contributed by atoms with Gasteiger partial charge in [0.2, 0.25) is 0 Å². The monoisotopic (exact) mass is 244 g/mol. The van der Waals surface area contributed by atoms with Crippen molar-refractivity contribution in [2.24, 2.45) is 5.92 Å². The number of aliphatic hydroxyl groups excluding tert-OH is 1. The molecule has 0 saturated heterocycles. The third-order valence-corrected chi connectivity index (χ3v) is 4.02. The van der Waals surface area contributed by atoms with Gasteiger partial charge in [-0.25, -0.2) is 0 Å². The van der Waals surface area contributed by atoms with Crippen molar-refractivity contribution in [3.63, 3.8) is 0 Å². The summed E-state index contributed by atoms with van der Waals surface area (Å²) in [7, 11) is 0. The van der Waals surface area contributed by atoms with Crippen LogP contribution in [0.2, 0.25) is 0 Å². The third-order valence-electron chi connectivity index (χ3n) is 3.14. The summed E-state index contributed by atoms with van der Waals surface area (Å²) >= 11 is 0.870. The zero-order valence-electron chi connectivity index (χ0n) is 8.64. The highest BCUT2D eigenvalue weighted by Gasteiger charge is 2.46. The predicted octanol–water partition coefficient (Wildman–Crippen LogP) is 2.04. The van der Waals surface area contributed by atoms with Crippen LogP contribution in [0.1, 0.15) is 11.6 Å².